The molecule has 1 N–H and O–H groups in total. The molecule has 5 nitrogen and oxygen atoms in total. The summed E-state index contributed by atoms with van der Waals surface area (Å²) >= 11 is 0. The van der Waals surface area contributed by atoms with Crippen molar-refractivity contribution in [2.24, 2.45) is 5.10 Å². The van der Waals surface area contributed by atoms with Crippen molar-refractivity contribution in [3.63, 3.8) is 0 Å². The smallest absolute Gasteiger partial charge is 0.438 e. The zero-order chi connectivity index (χ0) is 24.7. The Labute approximate surface area is 185 Å². The Balaban J connectivity index is 1.74. The van der Waals surface area contributed by atoms with E-state index in [1.54, 1.807) is 12.1 Å². The molecule has 1 aliphatic rings. The first kappa shape index (κ1) is 24.6. The first-order valence-electron chi connectivity index (χ1n) is 9.72. The van der Waals surface area contributed by atoms with Crippen molar-refractivity contribution in [3.05, 3.63) is 65.7 Å². The van der Waals surface area contributed by atoms with Crippen molar-refractivity contribution < 1.29 is 41.0 Å². The van der Waals surface area contributed by atoms with Gasteiger partial charge in [-0.15, -0.1) is 0 Å². The molecule has 0 saturated carbocycles. The molecule has 1 heterocycles. The van der Waals surface area contributed by atoms with Crippen molar-refractivity contribution in [1.29, 1.82) is 0 Å². The molecule has 0 radical (unpaired) electrons. The molecule has 0 aromatic heterocycles. The second kappa shape index (κ2) is 8.36. The molecule has 178 valence electrons. The van der Waals surface area contributed by atoms with Crippen molar-refractivity contribution in [2.75, 3.05) is 6.61 Å². The van der Waals surface area contributed by atoms with Gasteiger partial charge in [-0.3, -0.25) is 4.79 Å². The molecule has 11 heteroatoms. The van der Waals surface area contributed by atoms with E-state index in [4.69, 9.17) is 4.74 Å². The fraction of sp³-hybridized carbons (Fsp3) is 0.364. The van der Waals surface area contributed by atoms with Gasteiger partial charge in [-0.2, -0.15) is 36.5 Å². The second-order valence-electron chi connectivity index (χ2n) is 8.05. The second-order valence-corrected chi connectivity index (χ2v) is 8.05. The predicted molar refractivity (Wildman–Crippen MR) is 106 cm³/mol. The van der Waals surface area contributed by atoms with Crippen molar-refractivity contribution in [1.82, 2.24) is 5.01 Å². The van der Waals surface area contributed by atoms with Crippen molar-refractivity contribution in [2.45, 2.75) is 43.8 Å². The minimum atomic E-state index is -5.57. The number of rotatable bonds is 5. The normalized spacial score (nSPS) is 19.4. The van der Waals surface area contributed by atoms with E-state index >= 15 is 0 Å². The number of alkyl halides is 6. The molecule has 0 unspecified atom stereocenters. The minimum Gasteiger partial charge on any atom is -0.484 e. The summed E-state index contributed by atoms with van der Waals surface area (Å²) in [5.74, 6) is -1.48. The molecule has 1 atom stereocenters. The van der Waals surface area contributed by atoms with E-state index in [0.29, 0.717) is 0 Å². The molecular weight excluding hydrogens is 454 g/mol. The number of hydrogen-bond acceptors (Lipinski definition) is 4. The highest BCUT2D eigenvalue weighted by Gasteiger charge is 2.66. The molecule has 33 heavy (non-hydrogen) atoms. The number of benzene rings is 2. The molecular formula is C22H20F6N2O3. The van der Waals surface area contributed by atoms with Gasteiger partial charge < -0.3 is 9.84 Å². The highest BCUT2D eigenvalue weighted by molar-refractivity contribution is 5.94. The van der Waals surface area contributed by atoms with Crippen LogP contribution < -0.4 is 4.74 Å². The predicted octanol–water partition coefficient (Wildman–Crippen LogP) is 4.79. The Hall–Kier alpha value is -3.08. The van der Waals surface area contributed by atoms with Gasteiger partial charge in [0.1, 0.15) is 11.5 Å². The number of carbonyl (C=O) groups is 1. The summed E-state index contributed by atoms with van der Waals surface area (Å²) in [4.78, 5) is 12.2. The van der Waals surface area contributed by atoms with Crippen LogP contribution in [0.1, 0.15) is 31.4 Å². The lowest BCUT2D eigenvalue weighted by atomic mass is 9.78. The molecule has 2 aromatic rings. The molecule has 0 aliphatic carbocycles. The molecule has 1 aliphatic heterocycles. The molecule has 0 saturated heterocycles. The van der Waals surface area contributed by atoms with Gasteiger partial charge in [0.15, 0.2) is 6.61 Å². The highest BCUT2D eigenvalue weighted by atomic mass is 19.4. The molecule has 2 aromatic carbocycles. The number of amides is 1. The third kappa shape index (κ3) is 4.82. The van der Waals surface area contributed by atoms with Gasteiger partial charge in [-0.1, -0.05) is 56.3 Å². The number of hydrogen-bond donors (Lipinski definition) is 1. The van der Waals surface area contributed by atoms with E-state index in [1.807, 2.05) is 44.2 Å². The summed E-state index contributed by atoms with van der Waals surface area (Å²) in [7, 11) is 0. The van der Waals surface area contributed by atoms with E-state index < -0.39 is 47.7 Å². The Morgan fingerprint density at radius 2 is 1.55 bits per heavy atom. The molecule has 0 spiro atoms. The summed E-state index contributed by atoms with van der Waals surface area (Å²) in [6, 6.07) is 16.0. The summed E-state index contributed by atoms with van der Waals surface area (Å²) < 4.78 is 83.5. The SMILES string of the molecule is CC(C)(c1ccccc1)c1ccc(OCC(=O)N2N=C(C(F)(F)F)C[C@@]2(O)C(F)(F)F)cc1. The lowest BCUT2D eigenvalue weighted by molar-refractivity contribution is -0.302. The van der Waals surface area contributed by atoms with E-state index in [2.05, 4.69) is 5.10 Å². The van der Waals surface area contributed by atoms with Gasteiger partial charge in [0.05, 0.1) is 6.42 Å². The van der Waals surface area contributed by atoms with Crippen LogP contribution >= 0.6 is 0 Å². The molecule has 0 bridgehead atoms. The lowest BCUT2D eigenvalue weighted by Gasteiger charge is -2.32. The summed E-state index contributed by atoms with van der Waals surface area (Å²) in [5, 5.41) is 11.9. The number of hydrazone groups is 1. The quantitative estimate of drug-likeness (QED) is 0.634. The van der Waals surface area contributed by atoms with Crippen LogP contribution in [-0.4, -0.2) is 46.4 Å². The largest absolute Gasteiger partial charge is 0.484 e. The highest BCUT2D eigenvalue weighted by Crippen LogP contribution is 2.43. The topological polar surface area (TPSA) is 62.1 Å². The average Bonchev–Trinajstić information content (AvgIpc) is 3.12. The van der Waals surface area contributed by atoms with Crippen LogP contribution in [0.5, 0.6) is 5.75 Å². The van der Waals surface area contributed by atoms with Crippen LogP contribution in [0.4, 0.5) is 26.3 Å². The maximum Gasteiger partial charge on any atom is 0.438 e. The van der Waals surface area contributed by atoms with E-state index in [-0.39, 0.29) is 11.2 Å². The number of ether oxygens (including phenoxy) is 1. The standard InChI is InChI=1S/C22H20F6N2O3/c1-19(2,14-6-4-3-5-7-14)15-8-10-16(11-9-15)33-13-18(31)30-20(32,22(26,27)28)12-17(29-30)21(23,24)25/h3-11,32H,12-13H2,1-2H3/t20-/m1/s1. The summed E-state index contributed by atoms with van der Waals surface area (Å²) in [5.41, 5.74) is -4.48. The monoisotopic (exact) mass is 474 g/mol. The van der Waals surface area contributed by atoms with Crippen molar-refractivity contribution >= 4 is 11.6 Å². The van der Waals surface area contributed by atoms with Crippen LogP contribution in [0.3, 0.4) is 0 Å². The zero-order valence-electron chi connectivity index (χ0n) is 17.5. The van der Waals surface area contributed by atoms with Crippen LogP contribution in [0.15, 0.2) is 59.7 Å². The van der Waals surface area contributed by atoms with Crippen LogP contribution in [-0.2, 0) is 10.2 Å². The Morgan fingerprint density at radius 1 is 1.00 bits per heavy atom. The number of aliphatic hydroxyl groups is 1. The third-order valence-corrected chi connectivity index (χ3v) is 5.44. The molecule has 1 amide bonds. The number of nitrogens with zero attached hydrogens (tertiary/aromatic N) is 2. The van der Waals surface area contributed by atoms with Crippen LogP contribution in [0.2, 0.25) is 0 Å². The minimum absolute atomic E-state index is 0.103. The summed E-state index contributed by atoms with van der Waals surface area (Å²) in [6.07, 6.45) is -12.7. The van der Waals surface area contributed by atoms with Crippen LogP contribution in [0, 0.1) is 0 Å². The Kier molecular flexibility index (Phi) is 6.22. The lowest BCUT2D eigenvalue weighted by Crippen LogP contribution is -2.57. The number of carbonyl (C=O) groups excluding carboxylic acids is 1. The van der Waals surface area contributed by atoms with E-state index in [0.717, 1.165) is 11.1 Å². The van der Waals surface area contributed by atoms with Gasteiger partial charge in [0, 0.05) is 5.41 Å². The fourth-order valence-electron chi connectivity index (χ4n) is 3.38. The Morgan fingerprint density at radius 3 is 2.06 bits per heavy atom. The Bertz CT molecular complexity index is 1030. The van der Waals surface area contributed by atoms with Crippen molar-refractivity contribution in [3.8, 4) is 5.75 Å². The maximum atomic E-state index is 13.3. The maximum absolute atomic E-state index is 13.3. The molecule has 3 rings (SSSR count). The third-order valence-electron chi connectivity index (χ3n) is 5.44. The summed E-state index contributed by atoms with van der Waals surface area (Å²) in [6.45, 7) is 2.92. The number of halogens is 6. The average molecular weight is 474 g/mol. The van der Waals surface area contributed by atoms with Gasteiger partial charge in [0.2, 0.25) is 0 Å². The van der Waals surface area contributed by atoms with Gasteiger partial charge >= 0.3 is 12.4 Å². The zero-order valence-corrected chi connectivity index (χ0v) is 17.5. The fourth-order valence-corrected chi connectivity index (χ4v) is 3.38. The van der Waals surface area contributed by atoms with Gasteiger partial charge in [-0.05, 0) is 23.3 Å². The van der Waals surface area contributed by atoms with E-state index in [9.17, 15) is 36.2 Å². The van der Waals surface area contributed by atoms with E-state index in [1.165, 1.54) is 12.1 Å². The van der Waals surface area contributed by atoms with Gasteiger partial charge in [-0.25, -0.2) is 0 Å². The van der Waals surface area contributed by atoms with Gasteiger partial charge in [0.25, 0.3) is 11.6 Å². The first-order chi connectivity index (χ1) is 15.2. The molecule has 0 fully saturated rings. The van der Waals surface area contributed by atoms with Crippen LogP contribution in [0.25, 0.3) is 0 Å². The first-order valence-corrected chi connectivity index (χ1v) is 9.72.